The van der Waals surface area contributed by atoms with Crippen molar-refractivity contribution in [2.24, 2.45) is 0 Å². The molecule has 1 aromatic heterocycles. The van der Waals surface area contributed by atoms with Gasteiger partial charge in [0.1, 0.15) is 6.33 Å². The fraction of sp³-hybridized carbons (Fsp3) is 0.600. The van der Waals surface area contributed by atoms with Crippen molar-refractivity contribution in [3.05, 3.63) is 22.7 Å². The predicted octanol–water partition coefficient (Wildman–Crippen LogP) is 1.93. The second kappa shape index (κ2) is 5.53. The first-order valence-electron chi connectivity index (χ1n) is 5.04. The number of ether oxygens (including phenoxy) is 2. The van der Waals surface area contributed by atoms with Crippen molar-refractivity contribution in [3.63, 3.8) is 0 Å². The fourth-order valence-corrected chi connectivity index (χ4v) is 1.90. The van der Waals surface area contributed by atoms with Gasteiger partial charge in [-0.15, -0.1) is 0 Å². The van der Waals surface area contributed by atoms with Crippen LogP contribution in [0.4, 0.5) is 0 Å². The topological polar surface area (TPSA) is 44.2 Å². The molecule has 15 heavy (non-hydrogen) atoms. The first kappa shape index (κ1) is 11.0. The number of nitrogens with zero attached hydrogens (tertiary/aromatic N) is 2. The van der Waals surface area contributed by atoms with Gasteiger partial charge in [0.05, 0.1) is 23.4 Å². The van der Waals surface area contributed by atoms with Crippen LogP contribution in [0.5, 0.6) is 0 Å². The molecule has 82 valence electrons. The minimum atomic E-state index is -0.0689. The highest BCUT2D eigenvalue weighted by Gasteiger charge is 2.14. The Morgan fingerprint density at radius 1 is 1.40 bits per heavy atom. The standard InChI is InChI=1S/C10H13BrN2O2/c11-8-6-12-7-13-9(8)2-3-10-14-4-1-5-15-10/h6-7,10H,1-5H2. The van der Waals surface area contributed by atoms with Gasteiger partial charge in [-0.25, -0.2) is 9.97 Å². The first-order chi connectivity index (χ1) is 7.36. The summed E-state index contributed by atoms with van der Waals surface area (Å²) in [5.74, 6) is 0. The SMILES string of the molecule is Brc1cncnc1CCC1OCCCO1. The number of rotatable bonds is 3. The Labute approximate surface area is 97.1 Å². The lowest BCUT2D eigenvalue weighted by molar-refractivity contribution is -0.180. The van der Waals surface area contributed by atoms with Gasteiger partial charge in [0.25, 0.3) is 0 Å². The lowest BCUT2D eigenvalue weighted by Gasteiger charge is -2.22. The summed E-state index contributed by atoms with van der Waals surface area (Å²) < 4.78 is 11.9. The van der Waals surface area contributed by atoms with Crippen LogP contribution in [0.1, 0.15) is 18.5 Å². The van der Waals surface area contributed by atoms with Gasteiger partial charge < -0.3 is 9.47 Å². The molecule has 0 amide bonds. The van der Waals surface area contributed by atoms with Crippen LogP contribution < -0.4 is 0 Å². The molecule has 1 saturated heterocycles. The van der Waals surface area contributed by atoms with Crippen molar-refractivity contribution >= 4 is 15.9 Å². The minimum absolute atomic E-state index is 0.0689. The van der Waals surface area contributed by atoms with Crippen molar-refractivity contribution in [3.8, 4) is 0 Å². The van der Waals surface area contributed by atoms with E-state index in [2.05, 4.69) is 25.9 Å². The smallest absolute Gasteiger partial charge is 0.157 e. The summed E-state index contributed by atoms with van der Waals surface area (Å²) in [6.07, 6.45) is 5.92. The van der Waals surface area contributed by atoms with E-state index < -0.39 is 0 Å². The summed E-state index contributed by atoms with van der Waals surface area (Å²) >= 11 is 3.41. The molecule has 0 N–H and O–H groups in total. The third kappa shape index (κ3) is 3.22. The van der Waals surface area contributed by atoms with Gasteiger partial charge >= 0.3 is 0 Å². The summed E-state index contributed by atoms with van der Waals surface area (Å²) in [7, 11) is 0. The van der Waals surface area contributed by atoms with Crippen LogP contribution in [0, 0.1) is 0 Å². The second-order valence-electron chi connectivity index (χ2n) is 3.38. The molecular weight excluding hydrogens is 260 g/mol. The maximum atomic E-state index is 5.46. The van der Waals surface area contributed by atoms with Gasteiger partial charge in [0.2, 0.25) is 0 Å². The molecule has 2 rings (SSSR count). The maximum absolute atomic E-state index is 5.46. The summed E-state index contributed by atoms with van der Waals surface area (Å²) in [6, 6.07) is 0. The van der Waals surface area contributed by atoms with Gasteiger partial charge in [0, 0.05) is 12.6 Å². The van der Waals surface area contributed by atoms with Crippen LogP contribution in [-0.2, 0) is 15.9 Å². The molecule has 0 saturated carbocycles. The molecule has 0 radical (unpaired) electrons. The molecule has 0 unspecified atom stereocenters. The van der Waals surface area contributed by atoms with Crippen molar-refractivity contribution < 1.29 is 9.47 Å². The number of hydrogen-bond acceptors (Lipinski definition) is 4. The van der Waals surface area contributed by atoms with E-state index in [1.807, 2.05) is 0 Å². The molecule has 0 bridgehead atoms. The molecule has 2 heterocycles. The van der Waals surface area contributed by atoms with Crippen LogP contribution in [-0.4, -0.2) is 29.5 Å². The van der Waals surface area contributed by atoms with Gasteiger partial charge in [-0.1, -0.05) is 0 Å². The Bertz CT molecular complexity index is 316. The van der Waals surface area contributed by atoms with E-state index in [0.717, 1.165) is 42.6 Å². The second-order valence-corrected chi connectivity index (χ2v) is 4.24. The quantitative estimate of drug-likeness (QED) is 0.844. The van der Waals surface area contributed by atoms with E-state index in [1.165, 1.54) is 0 Å². The fourth-order valence-electron chi connectivity index (χ4n) is 1.48. The third-order valence-corrected chi connectivity index (χ3v) is 2.92. The van der Waals surface area contributed by atoms with Gasteiger partial charge in [-0.3, -0.25) is 0 Å². The molecule has 4 nitrogen and oxygen atoms in total. The lowest BCUT2D eigenvalue weighted by Crippen LogP contribution is -2.25. The molecular formula is C10H13BrN2O2. The van der Waals surface area contributed by atoms with E-state index in [0.29, 0.717) is 0 Å². The third-order valence-electron chi connectivity index (χ3n) is 2.26. The van der Waals surface area contributed by atoms with Gasteiger partial charge in [0.15, 0.2) is 6.29 Å². The number of halogens is 1. The van der Waals surface area contributed by atoms with Crippen LogP contribution >= 0.6 is 15.9 Å². The summed E-state index contributed by atoms with van der Waals surface area (Å²) in [5.41, 5.74) is 1.00. The largest absolute Gasteiger partial charge is 0.353 e. The van der Waals surface area contributed by atoms with Crippen LogP contribution in [0.25, 0.3) is 0 Å². The number of aryl methyl sites for hydroxylation is 1. The molecule has 5 heteroatoms. The zero-order valence-electron chi connectivity index (χ0n) is 8.36. The molecule has 0 spiro atoms. The normalized spacial score (nSPS) is 17.9. The van der Waals surface area contributed by atoms with E-state index in [9.17, 15) is 0 Å². The van der Waals surface area contributed by atoms with Gasteiger partial charge in [-0.2, -0.15) is 0 Å². The van der Waals surface area contributed by atoms with E-state index >= 15 is 0 Å². The van der Waals surface area contributed by atoms with Crippen molar-refractivity contribution in [1.82, 2.24) is 9.97 Å². The summed E-state index contributed by atoms with van der Waals surface area (Å²) in [4.78, 5) is 8.11. The summed E-state index contributed by atoms with van der Waals surface area (Å²) in [5, 5.41) is 0. The Hall–Kier alpha value is -0.520. The highest BCUT2D eigenvalue weighted by molar-refractivity contribution is 9.10. The maximum Gasteiger partial charge on any atom is 0.157 e. The van der Waals surface area contributed by atoms with Crippen molar-refractivity contribution in [1.29, 1.82) is 0 Å². The van der Waals surface area contributed by atoms with Crippen molar-refractivity contribution in [2.45, 2.75) is 25.6 Å². The Morgan fingerprint density at radius 2 is 2.20 bits per heavy atom. The Morgan fingerprint density at radius 3 is 2.93 bits per heavy atom. The lowest BCUT2D eigenvalue weighted by atomic mass is 10.2. The van der Waals surface area contributed by atoms with E-state index in [-0.39, 0.29) is 6.29 Å². The number of hydrogen-bond donors (Lipinski definition) is 0. The van der Waals surface area contributed by atoms with Crippen molar-refractivity contribution in [2.75, 3.05) is 13.2 Å². The van der Waals surface area contributed by atoms with E-state index in [4.69, 9.17) is 9.47 Å². The first-order valence-corrected chi connectivity index (χ1v) is 5.83. The highest BCUT2D eigenvalue weighted by Crippen LogP contribution is 2.16. The molecule has 1 aliphatic heterocycles. The average Bonchev–Trinajstić information content (AvgIpc) is 2.29. The van der Waals surface area contributed by atoms with Crippen LogP contribution in [0.3, 0.4) is 0 Å². The molecule has 0 aromatic carbocycles. The molecule has 0 atom stereocenters. The zero-order chi connectivity index (χ0) is 10.5. The zero-order valence-corrected chi connectivity index (χ0v) is 9.94. The monoisotopic (exact) mass is 272 g/mol. The molecule has 0 aliphatic carbocycles. The molecule has 1 aliphatic rings. The average molecular weight is 273 g/mol. The molecule has 1 fully saturated rings. The summed E-state index contributed by atoms with van der Waals surface area (Å²) in [6.45, 7) is 1.60. The van der Waals surface area contributed by atoms with Gasteiger partial charge in [-0.05, 0) is 28.8 Å². The van der Waals surface area contributed by atoms with Crippen LogP contribution in [0.15, 0.2) is 17.0 Å². The minimum Gasteiger partial charge on any atom is -0.353 e. The Kier molecular flexibility index (Phi) is 4.05. The van der Waals surface area contributed by atoms with E-state index in [1.54, 1.807) is 12.5 Å². The Balaban J connectivity index is 1.84. The predicted molar refractivity (Wildman–Crippen MR) is 58.4 cm³/mol. The number of aromatic nitrogens is 2. The van der Waals surface area contributed by atoms with Crippen LogP contribution in [0.2, 0.25) is 0 Å². The highest BCUT2D eigenvalue weighted by atomic mass is 79.9. The molecule has 1 aromatic rings.